The van der Waals surface area contributed by atoms with Gasteiger partial charge in [0.15, 0.2) is 5.69 Å². The molecule has 3 heterocycles. The van der Waals surface area contributed by atoms with Crippen molar-refractivity contribution >= 4 is 63.2 Å². The number of fused-ring (bicyclic) bond motifs is 1. The van der Waals surface area contributed by atoms with Gasteiger partial charge in [-0.05, 0) is 40.2 Å². The number of carbonyl (C=O) groups excluding carboxylic acids is 1. The Morgan fingerprint density at radius 1 is 1.16 bits per heavy atom. The molecule has 0 bridgehead atoms. The fraction of sp³-hybridized carbons (Fsp3) is 0.208. The molecule has 0 atom stereocenters. The van der Waals surface area contributed by atoms with Crippen molar-refractivity contribution in [2.75, 3.05) is 31.3 Å². The van der Waals surface area contributed by atoms with E-state index in [0.29, 0.717) is 61.5 Å². The highest BCUT2D eigenvalue weighted by Gasteiger charge is 2.26. The number of quaternary nitrogens is 1. The number of rotatable bonds is 9. The first-order valence-corrected chi connectivity index (χ1v) is 12.0. The second-order valence-corrected chi connectivity index (χ2v) is 9.93. The van der Waals surface area contributed by atoms with Gasteiger partial charge in [-0.1, -0.05) is 23.2 Å². The lowest BCUT2D eigenvalue weighted by atomic mass is 10.2. The highest BCUT2D eigenvalue weighted by molar-refractivity contribution is 6.42. The van der Waals surface area contributed by atoms with E-state index in [1.807, 2.05) is 14.1 Å². The van der Waals surface area contributed by atoms with Crippen molar-refractivity contribution < 1.29 is 14.2 Å². The molecule has 0 spiro atoms. The van der Waals surface area contributed by atoms with Crippen LogP contribution in [0.15, 0.2) is 55.3 Å². The summed E-state index contributed by atoms with van der Waals surface area (Å²) in [4.78, 5) is 40.0. The number of benzene rings is 1. The third-order valence-electron chi connectivity index (χ3n) is 5.61. The first-order chi connectivity index (χ1) is 18.0. The standard InChI is InChI=1S/C24H23Cl2N9O3/c1-33-14-30-24(34(37)38)20(33)12-35(2,3)8-4-5-22(36)32-21-10-16-19(11-27-21)28-13-29-23(16)31-15-6-7-17(25)18(26)9-15/h4-7,9-11,13-14H,8,12H2,1-3H3,(H-,27,28,29,31,32,36)/p+1/b5-4+. The summed E-state index contributed by atoms with van der Waals surface area (Å²) in [6, 6.07) is 6.79. The normalized spacial score (nSPS) is 11.7. The number of halogens is 2. The van der Waals surface area contributed by atoms with Crippen LogP contribution in [0.25, 0.3) is 10.9 Å². The number of hydrogen-bond acceptors (Lipinski definition) is 8. The molecule has 14 heteroatoms. The minimum Gasteiger partial charge on any atom is -0.358 e. The molecule has 12 nitrogen and oxygen atoms in total. The molecule has 4 rings (SSSR count). The first-order valence-electron chi connectivity index (χ1n) is 11.3. The maximum Gasteiger partial charge on any atom is 0.390 e. The van der Waals surface area contributed by atoms with Gasteiger partial charge >= 0.3 is 5.82 Å². The van der Waals surface area contributed by atoms with Crippen LogP contribution in [0.5, 0.6) is 0 Å². The largest absolute Gasteiger partial charge is 0.390 e. The number of hydrogen-bond donors (Lipinski definition) is 2. The van der Waals surface area contributed by atoms with E-state index in [1.165, 1.54) is 24.9 Å². The van der Waals surface area contributed by atoms with E-state index in [-0.39, 0.29) is 11.7 Å². The monoisotopic (exact) mass is 556 g/mol. The number of anilines is 3. The third-order valence-corrected chi connectivity index (χ3v) is 6.35. The zero-order valence-corrected chi connectivity index (χ0v) is 22.2. The van der Waals surface area contributed by atoms with E-state index in [0.717, 1.165) is 0 Å². The lowest BCUT2D eigenvalue weighted by Gasteiger charge is -2.27. The zero-order valence-electron chi connectivity index (χ0n) is 20.7. The van der Waals surface area contributed by atoms with Crippen molar-refractivity contribution in [1.82, 2.24) is 24.5 Å². The zero-order chi connectivity index (χ0) is 27.4. The maximum atomic E-state index is 12.6. The van der Waals surface area contributed by atoms with Gasteiger partial charge in [-0.15, -0.1) is 0 Å². The van der Waals surface area contributed by atoms with Gasteiger partial charge in [-0.2, -0.15) is 0 Å². The van der Waals surface area contributed by atoms with Crippen LogP contribution >= 0.6 is 23.2 Å². The van der Waals surface area contributed by atoms with Gasteiger partial charge in [0.2, 0.25) is 12.2 Å². The lowest BCUT2D eigenvalue weighted by molar-refractivity contribution is -0.898. The lowest BCUT2D eigenvalue weighted by Crippen LogP contribution is -2.39. The second kappa shape index (κ2) is 11.1. The van der Waals surface area contributed by atoms with E-state index in [1.54, 1.807) is 42.0 Å². The number of imidazole rings is 1. The molecule has 2 N–H and O–H groups in total. The average molecular weight is 557 g/mol. The summed E-state index contributed by atoms with van der Waals surface area (Å²) in [7, 11) is 5.53. The molecular weight excluding hydrogens is 533 g/mol. The minimum atomic E-state index is -0.494. The molecule has 1 aromatic carbocycles. The summed E-state index contributed by atoms with van der Waals surface area (Å²) in [5.74, 6) is 0.280. The van der Waals surface area contributed by atoms with Gasteiger partial charge in [0.1, 0.15) is 24.5 Å². The number of nitro groups is 1. The number of carbonyl (C=O) groups is 1. The Labute approximate surface area is 227 Å². The number of aromatic nitrogens is 5. The summed E-state index contributed by atoms with van der Waals surface area (Å²) in [6.45, 7) is 0.812. The summed E-state index contributed by atoms with van der Waals surface area (Å²) >= 11 is 12.1. The highest BCUT2D eigenvalue weighted by atomic mass is 35.5. The highest BCUT2D eigenvalue weighted by Crippen LogP contribution is 2.29. The van der Waals surface area contributed by atoms with Crippen LogP contribution in [0.4, 0.5) is 23.1 Å². The number of likely N-dealkylation sites (N-methyl/N-ethyl adjacent to an activating group) is 1. The van der Waals surface area contributed by atoms with Crippen molar-refractivity contribution in [2.45, 2.75) is 6.54 Å². The molecule has 1 amide bonds. The molecule has 0 fully saturated rings. The van der Waals surface area contributed by atoms with Gasteiger partial charge in [0.25, 0.3) is 0 Å². The molecule has 38 heavy (non-hydrogen) atoms. The van der Waals surface area contributed by atoms with Crippen LogP contribution in [0.1, 0.15) is 5.69 Å². The Bertz CT molecular complexity index is 1550. The van der Waals surface area contributed by atoms with Gasteiger partial charge in [-0.3, -0.25) is 4.79 Å². The Hall–Kier alpha value is -4.13. The van der Waals surface area contributed by atoms with E-state index >= 15 is 0 Å². The van der Waals surface area contributed by atoms with Crippen LogP contribution in [0.3, 0.4) is 0 Å². The molecule has 3 aromatic heterocycles. The molecule has 0 saturated heterocycles. The Kier molecular flexibility index (Phi) is 7.86. The van der Waals surface area contributed by atoms with Gasteiger partial charge in [-0.25, -0.2) is 15.0 Å². The molecule has 0 unspecified atom stereocenters. The van der Waals surface area contributed by atoms with E-state index < -0.39 is 4.92 Å². The van der Waals surface area contributed by atoms with Crippen LogP contribution in [-0.4, -0.2) is 60.5 Å². The predicted molar refractivity (Wildman–Crippen MR) is 145 cm³/mol. The molecule has 196 valence electrons. The maximum absolute atomic E-state index is 12.6. The topological polar surface area (TPSA) is 141 Å². The minimum absolute atomic E-state index is 0.167. The van der Waals surface area contributed by atoms with Crippen LogP contribution < -0.4 is 10.6 Å². The van der Waals surface area contributed by atoms with Crippen molar-refractivity contribution in [3.8, 4) is 0 Å². The van der Waals surface area contributed by atoms with Crippen LogP contribution in [0.2, 0.25) is 10.0 Å². The molecule has 0 radical (unpaired) electrons. The van der Waals surface area contributed by atoms with Crippen molar-refractivity contribution in [2.24, 2.45) is 7.05 Å². The van der Waals surface area contributed by atoms with E-state index in [9.17, 15) is 14.9 Å². The Morgan fingerprint density at radius 3 is 2.68 bits per heavy atom. The molecular formula is C24H24Cl2N9O3+. The van der Waals surface area contributed by atoms with Gasteiger partial charge in [0.05, 0.1) is 42.4 Å². The van der Waals surface area contributed by atoms with Crippen LogP contribution in [0, 0.1) is 10.1 Å². The first kappa shape index (κ1) is 26.9. The Morgan fingerprint density at radius 2 is 1.95 bits per heavy atom. The molecule has 4 aromatic rings. The summed E-state index contributed by atoms with van der Waals surface area (Å²) < 4.78 is 2.01. The van der Waals surface area contributed by atoms with Gasteiger partial charge in [0, 0.05) is 24.2 Å². The smallest absolute Gasteiger partial charge is 0.358 e. The van der Waals surface area contributed by atoms with Crippen LogP contribution in [-0.2, 0) is 18.4 Å². The third kappa shape index (κ3) is 6.40. The van der Waals surface area contributed by atoms with Crippen molar-refractivity contribution in [3.63, 3.8) is 0 Å². The summed E-state index contributed by atoms with van der Waals surface area (Å²) in [5, 5.41) is 18.6. The van der Waals surface area contributed by atoms with Crippen molar-refractivity contribution in [1.29, 1.82) is 0 Å². The Balaban J connectivity index is 1.44. The second-order valence-electron chi connectivity index (χ2n) is 9.11. The molecule has 0 aliphatic carbocycles. The number of aryl methyl sites for hydroxylation is 1. The van der Waals surface area contributed by atoms with E-state index in [2.05, 4.69) is 30.6 Å². The SMILES string of the molecule is Cn1cnc([N+](=O)[O-])c1C[N+](C)(C)C/C=C/C(=O)Nc1cc2c(Nc3ccc(Cl)c(Cl)c3)ncnc2cn1. The molecule has 0 saturated carbocycles. The summed E-state index contributed by atoms with van der Waals surface area (Å²) in [5.41, 5.74) is 1.77. The predicted octanol–water partition coefficient (Wildman–Crippen LogP) is 4.49. The summed E-state index contributed by atoms with van der Waals surface area (Å²) in [6.07, 6.45) is 7.48. The number of nitrogens with zero attached hydrogens (tertiary/aromatic N) is 7. The molecule has 0 aliphatic heterocycles. The van der Waals surface area contributed by atoms with E-state index in [4.69, 9.17) is 23.2 Å². The van der Waals surface area contributed by atoms with Gasteiger partial charge < -0.3 is 29.8 Å². The van der Waals surface area contributed by atoms with Crippen molar-refractivity contribution in [3.05, 3.63) is 81.1 Å². The fourth-order valence-electron chi connectivity index (χ4n) is 3.70. The fourth-order valence-corrected chi connectivity index (χ4v) is 4.00. The number of nitrogens with one attached hydrogen (secondary N) is 2. The number of amides is 1. The molecule has 0 aliphatic rings. The quantitative estimate of drug-likeness (QED) is 0.133. The average Bonchev–Trinajstić information content (AvgIpc) is 3.21. The number of pyridine rings is 1.